The van der Waals surface area contributed by atoms with Gasteiger partial charge in [0.25, 0.3) is 11.8 Å². The summed E-state index contributed by atoms with van der Waals surface area (Å²) in [7, 11) is 0. The van der Waals surface area contributed by atoms with Gasteiger partial charge in [-0.2, -0.15) is 0 Å². The Labute approximate surface area is 186 Å². The van der Waals surface area contributed by atoms with Crippen molar-refractivity contribution in [3.05, 3.63) is 45.8 Å². The molecule has 1 aliphatic rings. The zero-order chi connectivity index (χ0) is 22.5. The summed E-state index contributed by atoms with van der Waals surface area (Å²) in [5.41, 5.74) is 8.29. The van der Waals surface area contributed by atoms with Gasteiger partial charge in [-0.1, -0.05) is 0 Å². The van der Waals surface area contributed by atoms with Crippen molar-refractivity contribution in [2.45, 2.75) is 33.7 Å². The Kier molecular flexibility index (Phi) is 7.17. The SMILES string of the molecule is CCOC(=O)N1CCc2c(sc(NC(=O)c3ccc(N(CC)CC)cc3)c2C(N)=O)C1. The average Bonchev–Trinajstić information content (AvgIpc) is 3.12. The Hall–Kier alpha value is -3.07. The van der Waals surface area contributed by atoms with Gasteiger partial charge >= 0.3 is 6.09 Å². The van der Waals surface area contributed by atoms with Crippen molar-refractivity contribution in [3.63, 3.8) is 0 Å². The minimum absolute atomic E-state index is 0.299. The number of thiophene rings is 1. The molecule has 0 atom stereocenters. The fourth-order valence-corrected chi connectivity index (χ4v) is 4.97. The lowest BCUT2D eigenvalue weighted by molar-refractivity contribution is 0.0997. The van der Waals surface area contributed by atoms with Gasteiger partial charge in [-0.05, 0) is 57.0 Å². The smallest absolute Gasteiger partial charge is 0.410 e. The molecular formula is C22H28N4O4S. The van der Waals surface area contributed by atoms with E-state index >= 15 is 0 Å². The standard InChI is InChI=1S/C22H28N4O4S/c1-4-25(5-2)15-9-7-14(8-10-15)20(28)24-21-18(19(23)27)16-11-12-26(13-17(16)31-21)22(29)30-6-3/h7-10H,4-6,11-13H2,1-3H3,(H2,23,27)(H,24,28). The first kappa shape index (κ1) is 22.6. The molecule has 1 aromatic heterocycles. The molecule has 1 aliphatic heterocycles. The zero-order valence-corrected chi connectivity index (χ0v) is 18.9. The maximum absolute atomic E-state index is 12.8. The van der Waals surface area contributed by atoms with Gasteiger partial charge in [0.15, 0.2) is 0 Å². The molecule has 3 amide bonds. The van der Waals surface area contributed by atoms with Crippen molar-refractivity contribution >= 4 is 39.9 Å². The highest BCUT2D eigenvalue weighted by atomic mass is 32.1. The van der Waals surface area contributed by atoms with Crippen LogP contribution in [0.3, 0.4) is 0 Å². The van der Waals surface area contributed by atoms with Gasteiger partial charge < -0.3 is 25.6 Å². The van der Waals surface area contributed by atoms with E-state index in [0.29, 0.717) is 42.2 Å². The minimum Gasteiger partial charge on any atom is -0.450 e. The van der Waals surface area contributed by atoms with E-state index < -0.39 is 5.91 Å². The summed E-state index contributed by atoms with van der Waals surface area (Å²) >= 11 is 1.28. The van der Waals surface area contributed by atoms with E-state index in [4.69, 9.17) is 10.5 Å². The highest BCUT2D eigenvalue weighted by Gasteiger charge is 2.30. The summed E-state index contributed by atoms with van der Waals surface area (Å²) in [6.45, 7) is 8.74. The summed E-state index contributed by atoms with van der Waals surface area (Å²) < 4.78 is 5.07. The Bertz CT molecular complexity index is 967. The van der Waals surface area contributed by atoms with Gasteiger partial charge in [0.2, 0.25) is 0 Å². The third-order valence-electron chi connectivity index (χ3n) is 5.31. The van der Waals surface area contributed by atoms with Crippen molar-refractivity contribution in [1.29, 1.82) is 0 Å². The lowest BCUT2D eigenvalue weighted by atomic mass is 10.0. The van der Waals surface area contributed by atoms with Gasteiger partial charge in [-0.3, -0.25) is 9.59 Å². The van der Waals surface area contributed by atoms with Crippen molar-refractivity contribution in [2.75, 3.05) is 36.5 Å². The lowest BCUT2D eigenvalue weighted by Gasteiger charge is -2.26. The largest absolute Gasteiger partial charge is 0.450 e. The van der Waals surface area contributed by atoms with Crippen LogP contribution in [0.5, 0.6) is 0 Å². The Morgan fingerprint density at radius 1 is 1.16 bits per heavy atom. The molecule has 9 heteroatoms. The number of carbonyl (C=O) groups excluding carboxylic acids is 3. The number of nitrogens with one attached hydrogen (secondary N) is 1. The number of fused-ring (bicyclic) bond motifs is 1. The van der Waals surface area contributed by atoms with Crippen molar-refractivity contribution < 1.29 is 19.1 Å². The summed E-state index contributed by atoms with van der Waals surface area (Å²) in [4.78, 5) is 41.6. The van der Waals surface area contributed by atoms with Crippen molar-refractivity contribution in [1.82, 2.24) is 4.90 Å². The number of hydrogen-bond acceptors (Lipinski definition) is 6. The topological polar surface area (TPSA) is 105 Å². The normalized spacial score (nSPS) is 12.8. The number of carbonyl (C=O) groups is 3. The number of anilines is 2. The average molecular weight is 445 g/mol. The maximum atomic E-state index is 12.8. The van der Waals surface area contributed by atoms with E-state index in [9.17, 15) is 14.4 Å². The molecule has 2 heterocycles. The second kappa shape index (κ2) is 9.82. The van der Waals surface area contributed by atoms with Crippen LogP contribution in [-0.4, -0.2) is 49.0 Å². The lowest BCUT2D eigenvalue weighted by Crippen LogP contribution is -2.36. The maximum Gasteiger partial charge on any atom is 0.410 e. The minimum atomic E-state index is -0.589. The van der Waals surface area contributed by atoms with Gasteiger partial charge in [0.1, 0.15) is 5.00 Å². The molecule has 1 aromatic carbocycles. The molecule has 0 spiro atoms. The first-order chi connectivity index (χ1) is 14.9. The monoisotopic (exact) mass is 444 g/mol. The molecule has 0 saturated heterocycles. The van der Waals surface area contributed by atoms with Crippen molar-refractivity contribution in [2.24, 2.45) is 5.73 Å². The molecule has 3 rings (SSSR count). The second-order valence-corrected chi connectivity index (χ2v) is 8.22. The van der Waals surface area contributed by atoms with Crippen LogP contribution in [0.15, 0.2) is 24.3 Å². The van der Waals surface area contributed by atoms with Crippen LogP contribution in [0, 0.1) is 0 Å². The molecular weight excluding hydrogens is 416 g/mol. The number of amides is 3. The molecule has 2 aromatic rings. The van der Waals surface area contributed by atoms with Gasteiger partial charge in [-0.15, -0.1) is 11.3 Å². The quantitative estimate of drug-likeness (QED) is 0.680. The fourth-order valence-electron chi connectivity index (χ4n) is 3.71. The highest BCUT2D eigenvalue weighted by Crippen LogP contribution is 2.37. The van der Waals surface area contributed by atoms with E-state index in [0.717, 1.165) is 29.2 Å². The third kappa shape index (κ3) is 4.82. The summed E-state index contributed by atoms with van der Waals surface area (Å²) in [6, 6.07) is 7.35. The Balaban J connectivity index is 1.81. The molecule has 0 fully saturated rings. The van der Waals surface area contributed by atoms with E-state index in [1.54, 1.807) is 24.0 Å². The number of benzene rings is 1. The van der Waals surface area contributed by atoms with Crippen LogP contribution in [-0.2, 0) is 17.7 Å². The molecule has 0 unspecified atom stereocenters. The highest BCUT2D eigenvalue weighted by molar-refractivity contribution is 7.17. The number of ether oxygens (including phenoxy) is 1. The predicted molar refractivity (Wildman–Crippen MR) is 122 cm³/mol. The number of primary amides is 1. The molecule has 0 radical (unpaired) electrons. The van der Waals surface area contributed by atoms with Crippen LogP contribution in [0.4, 0.5) is 15.5 Å². The van der Waals surface area contributed by atoms with Crippen LogP contribution in [0.2, 0.25) is 0 Å². The Morgan fingerprint density at radius 2 is 1.84 bits per heavy atom. The number of hydrogen-bond donors (Lipinski definition) is 2. The molecule has 8 nitrogen and oxygen atoms in total. The molecule has 0 bridgehead atoms. The van der Waals surface area contributed by atoms with E-state index in [1.807, 2.05) is 12.1 Å². The molecule has 166 valence electrons. The summed E-state index contributed by atoms with van der Waals surface area (Å²) in [5, 5.41) is 3.26. The number of rotatable bonds is 7. The van der Waals surface area contributed by atoms with E-state index in [2.05, 4.69) is 24.1 Å². The van der Waals surface area contributed by atoms with Crippen LogP contribution in [0.1, 0.15) is 51.9 Å². The van der Waals surface area contributed by atoms with Crippen LogP contribution >= 0.6 is 11.3 Å². The Morgan fingerprint density at radius 3 is 2.42 bits per heavy atom. The second-order valence-electron chi connectivity index (χ2n) is 7.12. The van der Waals surface area contributed by atoms with Crippen LogP contribution in [0.25, 0.3) is 0 Å². The molecule has 31 heavy (non-hydrogen) atoms. The van der Waals surface area contributed by atoms with Gasteiger partial charge in [0.05, 0.1) is 18.7 Å². The first-order valence-electron chi connectivity index (χ1n) is 10.4. The molecule has 0 aliphatic carbocycles. The van der Waals surface area contributed by atoms with Gasteiger partial charge in [-0.25, -0.2) is 4.79 Å². The first-order valence-corrected chi connectivity index (χ1v) is 11.2. The number of nitrogens with two attached hydrogens (primary N) is 1. The van der Waals surface area contributed by atoms with E-state index in [-0.39, 0.29) is 12.0 Å². The molecule has 3 N–H and O–H groups in total. The van der Waals surface area contributed by atoms with Gasteiger partial charge in [0, 0.05) is 35.8 Å². The molecule has 0 saturated carbocycles. The number of nitrogens with zero attached hydrogens (tertiary/aromatic N) is 2. The fraction of sp³-hybridized carbons (Fsp3) is 0.409. The van der Waals surface area contributed by atoms with Crippen LogP contribution < -0.4 is 16.0 Å². The third-order valence-corrected chi connectivity index (χ3v) is 6.45. The summed E-state index contributed by atoms with van der Waals surface area (Å²) in [6.07, 6.45) is 0.0956. The van der Waals surface area contributed by atoms with E-state index in [1.165, 1.54) is 11.3 Å². The van der Waals surface area contributed by atoms with Crippen molar-refractivity contribution in [3.8, 4) is 0 Å². The zero-order valence-electron chi connectivity index (χ0n) is 18.1. The predicted octanol–water partition coefficient (Wildman–Crippen LogP) is 3.46. The summed E-state index contributed by atoms with van der Waals surface area (Å²) in [5.74, 6) is -0.899.